The zero-order chi connectivity index (χ0) is 15.2. The Morgan fingerprint density at radius 1 is 1.20 bits per heavy atom. The van der Waals surface area contributed by atoms with Gasteiger partial charge in [0, 0.05) is 19.7 Å². The van der Waals surface area contributed by atoms with Crippen LogP contribution in [0.3, 0.4) is 0 Å². The van der Waals surface area contributed by atoms with Gasteiger partial charge in [-0.25, -0.2) is 0 Å². The first-order valence-electron chi connectivity index (χ1n) is 6.72. The van der Waals surface area contributed by atoms with E-state index in [0.29, 0.717) is 18.7 Å². The minimum absolute atomic E-state index is 0.0182. The van der Waals surface area contributed by atoms with Crippen molar-refractivity contribution in [3.05, 3.63) is 35.4 Å². The maximum Gasteiger partial charge on any atom is 0.416 e. The van der Waals surface area contributed by atoms with Crippen molar-refractivity contribution >= 4 is 0 Å². The van der Waals surface area contributed by atoms with Crippen LogP contribution in [-0.2, 0) is 12.7 Å². The van der Waals surface area contributed by atoms with E-state index in [1.807, 2.05) is 0 Å². The second-order valence-electron chi connectivity index (χ2n) is 5.79. The van der Waals surface area contributed by atoms with Crippen LogP contribution >= 0.6 is 0 Å². The highest BCUT2D eigenvalue weighted by molar-refractivity contribution is 5.25. The van der Waals surface area contributed by atoms with Crippen LogP contribution in [0.15, 0.2) is 24.3 Å². The molecule has 1 rings (SSSR count). The molecule has 0 fully saturated rings. The van der Waals surface area contributed by atoms with Gasteiger partial charge >= 0.3 is 6.18 Å². The van der Waals surface area contributed by atoms with Crippen LogP contribution in [0.5, 0.6) is 0 Å². The summed E-state index contributed by atoms with van der Waals surface area (Å²) in [6.07, 6.45) is -2.69. The van der Waals surface area contributed by atoms with E-state index in [1.165, 1.54) is 12.1 Å². The molecule has 0 aliphatic rings. The SMILES string of the molecule is CC(C)(CCCO)CNCc1cccc(C(F)(F)F)c1. The lowest BCUT2D eigenvalue weighted by Crippen LogP contribution is -2.29. The first kappa shape index (κ1) is 17.0. The van der Waals surface area contributed by atoms with Crippen LogP contribution < -0.4 is 5.32 Å². The lowest BCUT2D eigenvalue weighted by Gasteiger charge is -2.24. The molecule has 0 spiro atoms. The molecule has 0 heterocycles. The summed E-state index contributed by atoms with van der Waals surface area (Å²) >= 11 is 0. The van der Waals surface area contributed by atoms with Gasteiger partial charge in [-0.2, -0.15) is 13.2 Å². The van der Waals surface area contributed by atoms with Crippen molar-refractivity contribution < 1.29 is 18.3 Å². The van der Waals surface area contributed by atoms with Crippen molar-refractivity contribution in [3.63, 3.8) is 0 Å². The fraction of sp³-hybridized carbons (Fsp3) is 0.600. The third-order valence-electron chi connectivity index (χ3n) is 3.20. The maximum atomic E-state index is 12.6. The molecular weight excluding hydrogens is 267 g/mol. The summed E-state index contributed by atoms with van der Waals surface area (Å²) in [7, 11) is 0. The number of hydrogen-bond donors (Lipinski definition) is 2. The van der Waals surface area contributed by atoms with E-state index in [1.54, 1.807) is 6.07 Å². The van der Waals surface area contributed by atoms with Crippen LogP contribution in [0.4, 0.5) is 13.2 Å². The maximum absolute atomic E-state index is 12.6. The van der Waals surface area contributed by atoms with Gasteiger partial charge in [-0.05, 0) is 29.9 Å². The van der Waals surface area contributed by atoms with E-state index in [-0.39, 0.29) is 12.0 Å². The second kappa shape index (κ2) is 7.09. The number of alkyl halides is 3. The van der Waals surface area contributed by atoms with Gasteiger partial charge in [0.2, 0.25) is 0 Å². The molecule has 5 heteroatoms. The Balaban J connectivity index is 2.50. The van der Waals surface area contributed by atoms with Gasteiger partial charge in [-0.15, -0.1) is 0 Å². The molecule has 0 atom stereocenters. The molecule has 0 bridgehead atoms. The van der Waals surface area contributed by atoms with Crippen LogP contribution in [0.25, 0.3) is 0 Å². The minimum Gasteiger partial charge on any atom is -0.396 e. The molecule has 114 valence electrons. The normalized spacial score (nSPS) is 12.7. The zero-order valence-corrected chi connectivity index (χ0v) is 11.9. The molecule has 0 aromatic heterocycles. The Morgan fingerprint density at radius 2 is 1.90 bits per heavy atom. The summed E-state index contributed by atoms with van der Waals surface area (Å²) < 4.78 is 37.7. The molecule has 20 heavy (non-hydrogen) atoms. The highest BCUT2D eigenvalue weighted by atomic mass is 19.4. The standard InChI is InChI=1S/C15H22F3NO/c1-14(2,7-4-8-20)11-19-10-12-5-3-6-13(9-12)15(16,17)18/h3,5-6,9,19-20H,4,7-8,10-11H2,1-2H3. The predicted octanol–water partition coefficient (Wildman–Crippen LogP) is 3.59. The van der Waals surface area contributed by atoms with E-state index in [0.717, 1.165) is 18.9 Å². The lowest BCUT2D eigenvalue weighted by molar-refractivity contribution is -0.137. The van der Waals surface area contributed by atoms with E-state index < -0.39 is 11.7 Å². The van der Waals surface area contributed by atoms with Gasteiger partial charge < -0.3 is 10.4 Å². The molecule has 1 aromatic carbocycles. The second-order valence-corrected chi connectivity index (χ2v) is 5.79. The molecular formula is C15H22F3NO. The Hall–Kier alpha value is -1.07. The molecule has 0 radical (unpaired) electrons. The molecule has 0 aliphatic heterocycles. The summed E-state index contributed by atoms with van der Waals surface area (Å²) in [6.45, 7) is 5.41. The zero-order valence-electron chi connectivity index (χ0n) is 11.9. The van der Waals surface area contributed by atoms with Crippen LogP contribution in [0.2, 0.25) is 0 Å². The summed E-state index contributed by atoms with van der Waals surface area (Å²) in [4.78, 5) is 0. The molecule has 2 nitrogen and oxygen atoms in total. The highest BCUT2D eigenvalue weighted by Gasteiger charge is 2.30. The van der Waals surface area contributed by atoms with E-state index in [4.69, 9.17) is 5.11 Å². The topological polar surface area (TPSA) is 32.3 Å². The third kappa shape index (κ3) is 5.92. The van der Waals surface area contributed by atoms with Gasteiger partial charge in [-0.1, -0.05) is 32.0 Å². The lowest BCUT2D eigenvalue weighted by atomic mass is 9.88. The fourth-order valence-electron chi connectivity index (χ4n) is 2.05. The van der Waals surface area contributed by atoms with Gasteiger partial charge in [0.05, 0.1) is 5.56 Å². The number of halogens is 3. The fourth-order valence-corrected chi connectivity index (χ4v) is 2.05. The summed E-state index contributed by atoms with van der Waals surface area (Å²) in [5.41, 5.74) is 0.0267. The van der Waals surface area contributed by atoms with Gasteiger partial charge in [0.1, 0.15) is 0 Å². The third-order valence-corrected chi connectivity index (χ3v) is 3.20. The number of nitrogens with one attached hydrogen (secondary N) is 1. The molecule has 0 saturated carbocycles. The molecule has 2 N–H and O–H groups in total. The van der Waals surface area contributed by atoms with Crippen molar-refractivity contribution in [1.29, 1.82) is 0 Å². The predicted molar refractivity (Wildman–Crippen MR) is 73.3 cm³/mol. The van der Waals surface area contributed by atoms with E-state index in [2.05, 4.69) is 19.2 Å². The average Bonchev–Trinajstić information content (AvgIpc) is 2.36. The Kier molecular flexibility index (Phi) is 6.02. The molecule has 0 amide bonds. The Morgan fingerprint density at radius 3 is 2.50 bits per heavy atom. The van der Waals surface area contributed by atoms with Gasteiger partial charge in [-0.3, -0.25) is 0 Å². The van der Waals surface area contributed by atoms with Gasteiger partial charge in [0.25, 0.3) is 0 Å². The molecule has 1 aromatic rings. The number of hydrogen-bond acceptors (Lipinski definition) is 2. The summed E-state index contributed by atoms with van der Waals surface area (Å²) in [5.74, 6) is 0. The smallest absolute Gasteiger partial charge is 0.396 e. The average molecular weight is 289 g/mol. The van der Waals surface area contributed by atoms with Crippen LogP contribution in [-0.4, -0.2) is 18.3 Å². The Bertz CT molecular complexity index is 416. The number of aliphatic hydroxyl groups excluding tert-OH is 1. The van der Waals surface area contributed by atoms with Crippen LogP contribution in [0.1, 0.15) is 37.8 Å². The monoisotopic (exact) mass is 289 g/mol. The minimum atomic E-state index is -4.30. The Labute approximate surface area is 118 Å². The van der Waals surface area contributed by atoms with Crippen molar-refractivity contribution in [3.8, 4) is 0 Å². The van der Waals surface area contributed by atoms with Crippen molar-refractivity contribution in [2.24, 2.45) is 5.41 Å². The highest BCUT2D eigenvalue weighted by Crippen LogP contribution is 2.29. The van der Waals surface area contributed by atoms with Crippen molar-refractivity contribution in [2.75, 3.05) is 13.2 Å². The quantitative estimate of drug-likeness (QED) is 0.804. The van der Waals surface area contributed by atoms with E-state index in [9.17, 15) is 13.2 Å². The number of aliphatic hydroxyl groups is 1. The largest absolute Gasteiger partial charge is 0.416 e. The van der Waals surface area contributed by atoms with Crippen molar-refractivity contribution in [1.82, 2.24) is 5.32 Å². The number of benzene rings is 1. The first-order valence-corrected chi connectivity index (χ1v) is 6.72. The van der Waals surface area contributed by atoms with Gasteiger partial charge in [0.15, 0.2) is 0 Å². The number of rotatable bonds is 7. The van der Waals surface area contributed by atoms with E-state index >= 15 is 0 Å². The summed E-state index contributed by atoms with van der Waals surface area (Å²) in [6, 6.07) is 5.36. The molecule has 0 saturated heterocycles. The summed E-state index contributed by atoms with van der Waals surface area (Å²) in [5, 5.41) is 12.0. The van der Waals surface area contributed by atoms with Crippen LogP contribution in [0, 0.1) is 5.41 Å². The molecule has 0 aliphatic carbocycles. The molecule has 0 unspecified atom stereocenters. The van der Waals surface area contributed by atoms with Crippen molar-refractivity contribution in [2.45, 2.75) is 39.4 Å². The first-order chi connectivity index (χ1) is 9.24.